The SMILES string of the molecule is COc1cc(CO)cc(I)c1O[C@H]1C=C(C(=O)NCCO)C[C@@H](N(CCc2cc3ccccc3[nH]2)C(=O)C2CCOC2)[C@@H]1O. The van der Waals surface area contributed by atoms with Crippen molar-refractivity contribution in [2.24, 2.45) is 5.92 Å². The fourth-order valence-corrected chi connectivity index (χ4v) is 6.60. The van der Waals surface area contributed by atoms with E-state index < -0.39 is 24.2 Å². The van der Waals surface area contributed by atoms with Gasteiger partial charge >= 0.3 is 0 Å². The molecule has 0 bridgehead atoms. The van der Waals surface area contributed by atoms with Crippen molar-refractivity contribution >= 4 is 45.3 Å². The lowest BCUT2D eigenvalue weighted by Gasteiger charge is -2.41. The number of fused-ring (bicyclic) bond motifs is 1. The fraction of sp³-hybridized carbons (Fsp3) is 0.438. The molecule has 3 aromatic rings. The normalized spacial score (nSPS) is 21.6. The third kappa shape index (κ3) is 7.20. The summed E-state index contributed by atoms with van der Waals surface area (Å²) >= 11 is 2.07. The first kappa shape index (κ1) is 32.2. The minimum absolute atomic E-state index is 0.0612. The van der Waals surface area contributed by atoms with Gasteiger partial charge in [-0.2, -0.15) is 0 Å². The molecule has 5 N–H and O–H groups in total. The predicted molar refractivity (Wildman–Crippen MR) is 171 cm³/mol. The second-order valence-electron chi connectivity index (χ2n) is 11.0. The van der Waals surface area contributed by atoms with E-state index >= 15 is 0 Å². The van der Waals surface area contributed by atoms with Crippen molar-refractivity contribution in [2.75, 3.05) is 40.0 Å². The maximum atomic E-state index is 14.0. The van der Waals surface area contributed by atoms with Gasteiger partial charge in [-0.25, -0.2) is 0 Å². The Morgan fingerprint density at radius 1 is 1.20 bits per heavy atom. The number of halogens is 1. The first-order valence-corrected chi connectivity index (χ1v) is 15.8. The van der Waals surface area contributed by atoms with Crippen molar-refractivity contribution in [3.8, 4) is 11.5 Å². The maximum Gasteiger partial charge on any atom is 0.247 e. The molecule has 1 aliphatic heterocycles. The van der Waals surface area contributed by atoms with E-state index in [2.05, 4.69) is 39.0 Å². The molecule has 12 heteroatoms. The van der Waals surface area contributed by atoms with Gasteiger partial charge in [-0.1, -0.05) is 18.2 Å². The highest BCUT2D eigenvalue weighted by atomic mass is 127. The molecule has 1 fully saturated rings. The number of H-pyrrole nitrogens is 1. The number of ether oxygens (including phenoxy) is 3. The largest absolute Gasteiger partial charge is 0.493 e. The second-order valence-corrected chi connectivity index (χ2v) is 12.2. The number of amides is 2. The van der Waals surface area contributed by atoms with Gasteiger partial charge in [-0.05, 0) is 70.3 Å². The van der Waals surface area contributed by atoms with E-state index in [1.54, 1.807) is 23.1 Å². The number of methoxy groups -OCH3 is 1. The molecule has 0 saturated carbocycles. The predicted octanol–water partition coefficient (Wildman–Crippen LogP) is 2.30. The van der Waals surface area contributed by atoms with Crippen LogP contribution in [0.5, 0.6) is 11.5 Å². The quantitative estimate of drug-likeness (QED) is 0.179. The monoisotopic (exact) mass is 719 g/mol. The number of aromatic amines is 1. The number of para-hydroxylation sites is 1. The minimum atomic E-state index is -1.18. The molecular weight excluding hydrogens is 681 g/mol. The smallest absolute Gasteiger partial charge is 0.247 e. The van der Waals surface area contributed by atoms with E-state index in [1.165, 1.54) is 7.11 Å². The summed E-state index contributed by atoms with van der Waals surface area (Å²) < 4.78 is 18.1. The summed E-state index contributed by atoms with van der Waals surface area (Å²) in [4.78, 5) is 32.3. The van der Waals surface area contributed by atoms with Crippen LogP contribution in [-0.4, -0.2) is 95.3 Å². The van der Waals surface area contributed by atoms with Crippen LogP contribution in [0.3, 0.4) is 0 Å². The van der Waals surface area contributed by atoms with Gasteiger partial charge in [0.25, 0.3) is 0 Å². The number of aliphatic hydroxyl groups excluding tert-OH is 3. The number of carbonyl (C=O) groups is 2. The van der Waals surface area contributed by atoms with Crippen LogP contribution in [0, 0.1) is 9.49 Å². The zero-order chi connectivity index (χ0) is 31.2. The second kappa shape index (κ2) is 14.7. The summed E-state index contributed by atoms with van der Waals surface area (Å²) in [5.41, 5.74) is 2.92. The lowest BCUT2D eigenvalue weighted by Crippen LogP contribution is -2.56. The van der Waals surface area contributed by atoms with Crippen molar-refractivity contribution < 1.29 is 39.1 Å². The first-order chi connectivity index (χ1) is 21.3. The Morgan fingerprint density at radius 2 is 2.02 bits per heavy atom. The van der Waals surface area contributed by atoms with Crippen molar-refractivity contribution in [3.63, 3.8) is 0 Å². The molecule has 5 rings (SSSR count). The molecule has 1 unspecified atom stereocenters. The Bertz CT molecular complexity index is 1470. The molecule has 1 aliphatic carbocycles. The van der Waals surface area contributed by atoms with E-state index in [-0.39, 0.29) is 38.0 Å². The molecule has 0 radical (unpaired) electrons. The van der Waals surface area contributed by atoms with Crippen LogP contribution in [0.4, 0.5) is 0 Å². The van der Waals surface area contributed by atoms with Gasteiger partial charge in [0.2, 0.25) is 11.8 Å². The lowest BCUT2D eigenvalue weighted by atomic mass is 9.87. The van der Waals surface area contributed by atoms with Crippen LogP contribution in [0.2, 0.25) is 0 Å². The minimum Gasteiger partial charge on any atom is -0.493 e. The van der Waals surface area contributed by atoms with Crippen LogP contribution in [-0.2, 0) is 27.4 Å². The van der Waals surface area contributed by atoms with Crippen molar-refractivity contribution in [1.29, 1.82) is 0 Å². The molecule has 2 aliphatic rings. The topological polar surface area (TPSA) is 154 Å². The average molecular weight is 720 g/mol. The van der Waals surface area contributed by atoms with Crippen molar-refractivity contribution in [1.82, 2.24) is 15.2 Å². The van der Waals surface area contributed by atoms with Gasteiger partial charge in [0.15, 0.2) is 11.5 Å². The van der Waals surface area contributed by atoms with Crippen LogP contribution >= 0.6 is 22.6 Å². The summed E-state index contributed by atoms with van der Waals surface area (Å²) in [6, 6.07) is 12.6. The summed E-state index contributed by atoms with van der Waals surface area (Å²) in [7, 11) is 1.48. The van der Waals surface area contributed by atoms with Gasteiger partial charge in [0.1, 0.15) is 12.2 Å². The van der Waals surface area contributed by atoms with Crippen LogP contribution in [0.25, 0.3) is 10.9 Å². The fourth-order valence-electron chi connectivity index (χ4n) is 5.81. The molecular formula is C32H38IN3O8. The number of hydrogen-bond acceptors (Lipinski definition) is 8. The number of aliphatic hydroxyl groups is 3. The number of benzene rings is 2. The van der Waals surface area contributed by atoms with Crippen LogP contribution in [0.15, 0.2) is 54.1 Å². The molecule has 0 spiro atoms. The van der Waals surface area contributed by atoms with E-state index in [4.69, 9.17) is 14.2 Å². The molecule has 44 heavy (non-hydrogen) atoms. The number of rotatable bonds is 12. The molecule has 236 valence electrons. The molecule has 2 amide bonds. The highest BCUT2D eigenvalue weighted by molar-refractivity contribution is 14.1. The molecule has 1 aromatic heterocycles. The zero-order valence-electron chi connectivity index (χ0n) is 24.5. The number of hydrogen-bond donors (Lipinski definition) is 5. The molecule has 11 nitrogen and oxygen atoms in total. The van der Waals surface area contributed by atoms with Gasteiger partial charge < -0.3 is 44.7 Å². The summed E-state index contributed by atoms with van der Waals surface area (Å²) in [6.07, 6.45) is 0.569. The van der Waals surface area contributed by atoms with Crippen LogP contribution < -0.4 is 14.8 Å². The zero-order valence-corrected chi connectivity index (χ0v) is 26.7. The van der Waals surface area contributed by atoms with E-state index in [0.29, 0.717) is 58.8 Å². The molecule has 1 saturated heterocycles. The molecule has 2 heterocycles. The highest BCUT2D eigenvalue weighted by Gasteiger charge is 2.42. The third-order valence-corrected chi connectivity index (χ3v) is 8.91. The van der Waals surface area contributed by atoms with Crippen molar-refractivity contribution in [2.45, 2.75) is 44.1 Å². The van der Waals surface area contributed by atoms with Gasteiger partial charge in [-0.3, -0.25) is 9.59 Å². The third-order valence-electron chi connectivity index (χ3n) is 8.11. The Balaban J connectivity index is 1.48. The first-order valence-electron chi connectivity index (χ1n) is 14.7. The average Bonchev–Trinajstić information content (AvgIpc) is 3.72. The van der Waals surface area contributed by atoms with Gasteiger partial charge in [0.05, 0.1) is 42.5 Å². The number of nitrogens with zero attached hydrogens (tertiary/aromatic N) is 1. The number of nitrogens with one attached hydrogen (secondary N) is 2. The highest BCUT2D eigenvalue weighted by Crippen LogP contribution is 2.37. The summed E-state index contributed by atoms with van der Waals surface area (Å²) in [6.45, 7) is 0.737. The molecule has 2 aromatic carbocycles. The summed E-state index contributed by atoms with van der Waals surface area (Å²) in [5, 5.41) is 34.5. The van der Waals surface area contributed by atoms with E-state index in [1.807, 2.05) is 24.3 Å². The Hall–Kier alpha value is -3.17. The van der Waals surface area contributed by atoms with E-state index in [0.717, 1.165) is 16.6 Å². The standard InChI is InChI=1S/C32H38IN3O8/c1-42-28-13-19(17-38)12-24(33)30(28)44-27-16-22(31(40)34-8-10-37)15-26(29(27)39)36(32(41)21-7-11-43-18-21)9-6-23-14-20-4-2-3-5-25(20)35-23/h2-5,12-14,16,21,26-27,29,35,37-39H,6-11,15,17-18H2,1H3,(H,34,40)/t21?,26-,27+,29+/m1/s1. The Kier molecular flexibility index (Phi) is 10.8. The van der Waals surface area contributed by atoms with Gasteiger partial charge in [0, 0.05) is 49.3 Å². The Labute approximate surface area is 269 Å². The number of carbonyl (C=O) groups excluding carboxylic acids is 2. The maximum absolute atomic E-state index is 14.0. The van der Waals surface area contributed by atoms with E-state index in [9.17, 15) is 24.9 Å². The van der Waals surface area contributed by atoms with Crippen molar-refractivity contribution in [3.05, 3.63) is 68.9 Å². The Morgan fingerprint density at radius 3 is 2.73 bits per heavy atom. The number of aromatic nitrogens is 1. The lowest BCUT2D eigenvalue weighted by molar-refractivity contribution is -0.142. The molecule has 4 atom stereocenters. The van der Waals surface area contributed by atoms with Crippen LogP contribution in [0.1, 0.15) is 24.1 Å². The summed E-state index contributed by atoms with van der Waals surface area (Å²) in [5.74, 6) is -0.188. The van der Waals surface area contributed by atoms with Gasteiger partial charge in [-0.15, -0.1) is 0 Å².